The summed E-state index contributed by atoms with van der Waals surface area (Å²) in [4.78, 5) is 24.5. The van der Waals surface area contributed by atoms with Crippen LogP contribution in [0.1, 0.15) is 322 Å². The van der Waals surface area contributed by atoms with Gasteiger partial charge in [0.25, 0.3) is 0 Å². The Labute approximate surface area is 448 Å². The number of hydrogen-bond acceptors (Lipinski definition) is 5. The summed E-state index contributed by atoms with van der Waals surface area (Å²) in [5, 5.41) is 23.1. The molecule has 0 fully saturated rings. The number of rotatable bonds is 58. The number of nitrogens with one attached hydrogen (secondary N) is 1. The minimum Gasteiger partial charge on any atom is -0.466 e. The molecule has 2 atom stereocenters. The lowest BCUT2D eigenvalue weighted by Gasteiger charge is -2.20. The maximum Gasteiger partial charge on any atom is 0.305 e. The summed E-state index contributed by atoms with van der Waals surface area (Å²) >= 11 is 0. The van der Waals surface area contributed by atoms with Crippen LogP contribution >= 0.6 is 0 Å². The molecule has 0 bridgehead atoms. The Balaban J connectivity index is 3.48. The van der Waals surface area contributed by atoms with Crippen molar-refractivity contribution in [1.82, 2.24) is 5.32 Å². The molecule has 0 rings (SSSR count). The molecule has 0 spiro atoms. The highest BCUT2D eigenvalue weighted by atomic mass is 16.5. The number of hydrogen-bond donors (Lipinski definition) is 3. The fraction of sp³-hybridized carbons (Fsp3) is 0.818. The van der Waals surface area contributed by atoms with Gasteiger partial charge in [-0.3, -0.25) is 9.59 Å². The number of aliphatic hydroxyl groups excluding tert-OH is 2. The molecule has 6 nitrogen and oxygen atoms in total. The maximum atomic E-state index is 12.5. The first-order valence-corrected chi connectivity index (χ1v) is 31.6. The molecule has 0 aromatic carbocycles. The molecular weight excluding hydrogens is 887 g/mol. The Morgan fingerprint density at radius 1 is 0.389 bits per heavy atom. The molecule has 420 valence electrons. The van der Waals surface area contributed by atoms with Gasteiger partial charge < -0.3 is 20.3 Å². The minimum absolute atomic E-state index is 0.00747. The van der Waals surface area contributed by atoms with E-state index < -0.39 is 12.1 Å². The third kappa shape index (κ3) is 56.8. The van der Waals surface area contributed by atoms with E-state index in [-0.39, 0.29) is 18.5 Å². The van der Waals surface area contributed by atoms with E-state index in [2.05, 4.69) is 67.8 Å². The number of allylic oxidation sites excluding steroid dienone is 9. The van der Waals surface area contributed by atoms with Gasteiger partial charge in [-0.1, -0.05) is 274 Å². The van der Waals surface area contributed by atoms with Crippen molar-refractivity contribution in [3.05, 3.63) is 60.8 Å². The highest BCUT2D eigenvalue weighted by Gasteiger charge is 2.18. The third-order valence-corrected chi connectivity index (χ3v) is 14.3. The Bertz CT molecular complexity index is 1250. The monoisotopic (exact) mass is 1010 g/mol. The van der Waals surface area contributed by atoms with Crippen LogP contribution in [-0.4, -0.2) is 47.4 Å². The molecular formula is C66H121NO5. The number of aliphatic hydroxyl groups is 2. The van der Waals surface area contributed by atoms with Crippen molar-refractivity contribution in [2.75, 3.05) is 13.2 Å². The molecule has 0 saturated heterocycles. The molecule has 1 amide bonds. The normalized spacial score (nSPS) is 13.0. The summed E-state index contributed by atoms with van der Waals surface area (Å²) in [5.41, 5.74) is 0. The predicted octanol–water partition coefficient (Wildman–Crippen LogP) is 19.9. The molecule has 6 heteroatoms. The van der Waals surface area contributed by atoms with E-state index in [0.29, 0.717) is 19.4 Å². The van der Waals surface area contributed by atoms with Gasteiger partial charge in [0.05, 0.1) is 25.4 Å². The molecule has 0 heterocycles. The molecule has 2 unspecified atom stereocenters. The van der Waals surface area contributed by atoms with Crippen LogP contribution in [0.2, 0.25) is 0 Å². The number of ether oxygens (including phenoxy) is 1. The van der Waals surface area contributed by atoms with E-state index in [1.807, 2.05) is 6.08 Å². The smallest absolute Gasteiger partial charge is 0.305 e. The van der Waals surface area contributed by atoms with Crippen LogP contribution in [0.3, 0.4) is 0 Å². The van der Waals surface area contributed by atoms with Gasteiger partial charge in [0, 0.05) is 12.8 Å². The molecule has 0 aromatic rings. The van der Waals surface area contributed by atoms with E-state index in [1.165, 1.54) is 225 Å². The van der Waals surface area contributed by atoms with Crippen LogP contribution in [0.5, 0.6) is 0 Å². The number of carbonyl (C=O) groups is 2. The van der Waals surface area contributed by atoms with Crippen LogP contribution in [0.4, 0.5) is 0 Å². The summed E-state index contributed by atoms with van der Waals surface area (Å²) in [5.74, 6) is -0.0857. The molecule has 0 aromatic heterocycles. The zero-order valence-electron chi connectivity index (χ0n) is 47.9. The summed E-state index contributed by atoms with van der Waals surface area (Å²) < 4.78 is 5.48. The lowest BCUT2D eigenvalue weighted by atomic mass is 10.0. The topological polar surface area (TPSA) is 95.9 Å². The van der Waals surface area contributed by atoms with Gasteiger partial charge in [0.1, 0.15) is 0 Å². The second kappa shape index (κ2) is 61.1. The maximum absolute atomic E-state index is 12.5. The van der Waals surface area contributed by atoms with Crippen molar-refractivity contribution >= 4 is 11.9 Å². The lowest BCUT2D eigenvalue weighted by molar-refractivity contribution is -0.143. The van der Waals surface area contributed by atoms with Gasteiger partial charge in [0.2, 0.25) is 5.91 Å². The van der Waals surface area contributed by atoms with Crippen LogP contribution < -0.4 is 5.32 Å². The summed E-state index contributed by atoms with van der Waals surface area (Å²) in [6.07, 6.45) is 79.7. The SMILES string of the molecule is CCCCCC/C=C\C/C=C\CCCCCCCC(=O)OCCCCCCCCCCC/C=C\C/C=C\CCCCCCCCCC(=O)NC(CO)C(O)/C=C/CCCCCCCCCCCCCCCC. The van der Waals surface area contributed by atoms with Crippen LogP contribution in [0.25, 0.3) is 0 Å². The van der Waals surface area contributed by atoms with E-state index in [0.717, 1.165) is 70.6 Å². The number of esters is 1. The number of unbranched alkanes of at least 4 members (excludes halogenated alkanes) is 39. The molecule has 3 N–H and O–H groups in total. The van der Waals surface area contributed by atoms with Crippen molar-refractivity contribution in [1.29, 1.82) is 0 Å². The van der Waals surface area contributed by atoms with E-state index in [9.17, 15) is 19.8 Å². The number of carbonyl (C=O) groups excluding carboxylic acids is 2. The van der Waals surface area contributed by atoms with Crippen molar-refractivity contribution in [3.63, 3.8) is 0 Å². The molecule has 0 aliphatic carbocycles. The average molecular weight is 1010 g/mol. The van der Waals surface area contributed by atoms with E-state index >= 15 is 0 Å². The lowest BCUT2D eigenvalue weighted by Crippen LogP contribution is -2.45. The Morgan fingerprint density at radius 3 is 1.07 bits per heavy atom. The first-order valence-electron chi connectivity index (χ1n) is 31.6. The van der Waals surface area contributed by atoms with Gasteiger partial charge >= 0.3 is 5.97 Å². The zero-order valence-corrected chi connectivity index (χ0v) is 47.9. The highest BCUT2D eigenvalue weighted by Crippen LogP contribution is 2.16. The molecule has 0 radical (unpaired) electrons. The van der Waals surface area contributed by atoms with Crippen LogP contribution in [-0.2, 0) is 14.3 Å². The summed E-state index contributed by atoms with van der Waals surface area (Å²) in [6.45, 7) is 4.88. The summed E-state index contributed by atoms with van der Waals surface area (Å²) in [6, 6.07) is -0.637. The molecule has 72 heavy (non-hydrogen) atoms. The van der Waals surface area contributed by atoms with Gasteiger partial charge in [-0.2, -0.15) is 0 Å². The quantitative estimate of drug-likeness (QED) is 0.0320. The van der Waals surface area contributed by atoms with E-state index in [4.69, 9.17) is 4.74 Å². The second-order valence-corrected chi connectivity index (χ2v) is 21.4. The molecule has 0 aliphatic heterocycles. The fourth-order valence-corrected chi connectivity index (χ4v) is 9.40. The van der Waals surface area contributed by atoms with Gasteiger partial charge in [0.15, 0.2) is 0 Å². The van der Waals surface area contributed by atoms with E-state index in [1.54, 1.807) is 6.08 Å². The van der Waals surface area contributed by atoms with Gasteiger partial charge in [-0.15, -0.1) is 0 Å². The van der Waals surface area contributed by atoms with Crippen molar-refractivity contribution < 1.29 is 24.5 Å². The Kier molecular flexibility index (Phi) is 59.0. The largest absolute Gasteiger partial charge is 0.466 e. The standard InChI is InChI=1S/C66H121NO5/c1-3-5-7-9-11-13-15-17-19-30-34-38-42-46-50-54-58-64(69)63(62-68)67-65(70)59-55-51-47-43-39-35-31-28-26-24-22-21-23-25-27-29-33-37-41-45-49-53-57-61-72-66(71)60-56-52-48-44-40-36-32-20-18-16-14-12-10-8-6-4-2/h14,16,20-21,23-24,26,32,54,58,63-64,68-69H,3-13,15,17-19,22,25,27-31,33-53,55-57,59-62H2,1-2H3,(H,67,70)/b16-14-,23-21-,26-24-,32-20-,58-54+. The van der Waals surface area contributed by atoms with Gasteiger partial charge in [-0.05, 0) is 96.3 Å². The van der Waals surface area contributed by atoms with Crippen LogP contribution in [0, 0.1) is 0 Å². The Morgan fingerprint density at radius 2 is 0.694 bits per heavy atom. The third-order valence-electron chi connectivity index (χ3n) is 14.3. The highest BCUT2D eigenvalue weighted by molar-refractivity contribution is 5.76. The average Bonchev–Trinajstić information content (AvgIpc) is 3.38. The van der Waals surface area contributed by atoms with Gasteiger partial charge in [-0.25, -0.2) is 0 Å². The minimum atomic E-state index is -0.852. The van der Waals surface area contributed by atoms with Crippen molar-refractivity contribution in [2.24, 2.45) is 0 Å². The first kappa shape index (κ1) is 69.6. The Hall–Kier alpha value is -2.44. The fourth-order valence-electron chi connectivity index (χ4n) is 9.40. The van der Waals surface area contributed by atoms with Crippen molar-refractivity contribution in [2.45, 2.75) is 334 Å². The first-order chi connectivity index (χ1) is 35.5. The molecule has 0 aliphatic rings. The summed E-state index contributed by atoms with van der Waals surface area (Å²) in [7, 11) is 0. The second-order valence-electron chi connectivity index (χ2n) is 21.4. The predicted molar refractivity (Wildman–Crippen MR) is 315 cm³/mol. The van der Waals surface area contributed by atoms with Crippen molar-refractivity contribution in [3.8, 4) is 0 Å². The van der Waals surface area contributed by atoms with Crippen LogP contribution in [0.15, 0.2) is 60.8 Å². The molecule has 0 saturated carbocycles. The zero-order chi connectivity index (χ0) is 52.2. The number of amides is 1.